The number of rotatable bonds is 6. The van der Waals surface area contributed by atoms with Gasteiger partial charge in [-0.1, -0.05) is 48.0 Å². The van der Waals surface area contributed by atoms with Crippen LogP contribution in [0.3, 0.4) is 0 Å². The van der Waals surface area contributed by atoms with Gasteiger partial charge in [-0.3, -0.25) is 0 Å². The molecule has 0 heterocycles. The van der Waals surface area contributed by atoms with Gasteiger partial charge in [0.1, 0.15) is 6.10 Å². The van der Waals surface area contributed by atoms with Gasteiger partial charge in [-0.2, -0.15) is 0 Å². The number of carbonyl (C=O) groups excluding carboxylic acids is 1. The molecule has 3 nitrogen and oxygen atoms in total. The molecule has 1 unspecified atom stereocenters. The summed E-state index contributed by atoms with van der Waals surface area (Å²) >= 11 is 5.88. The predicted octanol–water partition coefficient (Wildman–Crippen LogP) is 3.75. The van der Waals surface area contributed by atoms with Crippen LogP contribution < -0.4 is 0 Å². The lowest BCUT2D eigenvalue weighted by Gasteiger charge is -2.17. The van der Waals surface area contributed by atoms with Crippen molar-refractivity contribution in [3.63, 3.8) is 0 Å². The van der Waals surface area contributed by atoms with Crippen molar-refractivity contribution in [1.29, 1.82) is 0 Å². The summed E-state index contributed by atoms with van der Waals surface area (Å²) < 4.78 is 10.6. The summed E-state index contributed by atoms with van der Waals surface area (Å²) in [5.41, 5.74) is 1.54. The molecule has 2 rings (SSSR count). The van der Waals surface area contributed by atoms with Crippen molar-refractivity contribution in [2.24, 2.45) is 0 Å². The first-order chi connectivity index (χ1) is 10.2. The molecule has 0 N–H and O–H groups in total. The minimum absolute atomic E-state index is 0.330. The van der Waals surface area contributed by atoms with E-state index < -0.39 is 5.97 Å². The first-order valence-corrected chi connectivity index (χ1v) is 7.06. The van der Waals surface area contributed by atoms with E-state index in [0.29, 0.717) is 23.6 Å². The van der Waals surface area contributed by atoms with Crippen LogP contribution in [0.4, 0.5) is 0 Å². The Bertz CT molecular complexity index is 584. The smallest absolute Gasteiger partial charge is 0.338 e. The standard InChI is InChI=1S/C17H17ClO3/c1-20-12-16(10-13-6-3-2-4-7-13)21-17(19)14-8-5-9-15(18)11-14/h2-9,11,16H,10,12H2,1H3. The largest absolute Gasteiger partial charge is 0.456 e. The van der Waals surface area contributed by atoms with E-state index in [1.165, 1.54) is 0 Å². The molecule has 1 atom stereocenters. The maximum atomic E-state index is 12.1. The highest BCUT2D eigenvalue weighted by atomic mass is 35.5. The highest BCUT2D eigenvalue weighted by Crippen LogP contribution is 2.14. The summed E-state index contributed by atoms with van der Waals surface area (Å²) in [6, 6.07) is 16.6. The Balaban J connectivity index is 2.04. The van der Waals surface area contributed by atoms with Crippen LogP contribution in [-0.2, 0) is 15.9 Å². The van der Waals surface area contributed by atoms with Crippen LogP contribution in [0.2, 0.25) is 5.02 Å². The fraction of sp³-hybridized carbons (Fsp3) is 0.235. The Morgan fingerprint density at radius 3 is 2.57 bits per heavy atom. The monoisotopic (exact) mass is 304 g/mol. The van der Waals surface area contributed by atoms with Crippen molar-refractivity contribution in [3.05, 3.63) is 70.7 Å². The van der Waals surface area contributed by atoms with Crippen LogP contribution in [0.5, 0.6) is 0 Å². The first-order valence-electron chi connectivity index (χ1n) is 6.68. The quantitative estimate of drug-likeness (QED) is 0.762. The van der Waals surface area contributed by atoms with Gasteiger partial charge in [0.05, 0.1) is 12.2 Å². The second kappa shape index (κ2) is 7.81. The lowest BCUT2D eigenvalue weighted by Crippen LogP contribution is -2.25. The molecule has 2 aromatic carbocycles. The third-order valence-electron chi connectivity index (χ3n) is 2.99. The molecule has 110 valence electrons. The summed E-state index contributed by atoms with van der Waals surface area (Å²) in [4.78, 5) is 12.1. The molecule has 0 radical (unpaired) electrons. The van der Waals surface area contributed by atoms with Gasteiger partial charge in [-0.05, 0) is 23.8 Å². The van der Waals surface area contributed by atoms with Crippen molar-refractivity contribution in [1.82, 2.24) is 0 Å². The summed E-state index contributed by atoms with van der Waals surface area (Å²) in [6.45, 7) is 0.348. The van der Waals surface area contributed by atoms with Crippen LogP contribution in [0.1, 0.15) is 15.9 Å². The minimum Gasteiger partial charge on any atom is -0.456 e. The number of hydrogen-bond donors (Lipinski definition) is 0. The van der Waals surface area contributed by atoms with Gasteiger partial charge in [0.25, 0.3) is 0 Å². The number of methoxy groups -OCH3 is 1. The SMILES string of the molecule is COCC(Cc1ccccc1)OC(=O)c1cccc(Cl)c1. The molecule has 0 aliphatic carbocycles. The minimum atomic E-state index is -0.393. The maximum absolute atomic E-state index is 12.1. The van der Waals surface area contributed by atoms with Gasteiger partial charge in [0, 0.05) is 18.6 Å². The molecule has 0 amide bonds. The molecule has 0 aliphatic heterocycles. The molecule has 0 saturated heterocycles. The van der Waals surface area contributed by atoms with Crippen molar-refractivity contribution in [2.75, 3.05) is 13.7 Å². The molecule has 0 spiro atoms. The number of ether oxygens (including phenoxy) is 2. The zero-order valence-corrected chi connectivity index (χ0v) is 12.5. The fourth-order valence-electron chi connectivity index (χ4n) is 2.03. The van der Waals surface area contributed by atoms with Crippen LogP contribution in [0.25, 0.3) is 0 Å². The Labute approximate surface area is 129 Å². The molecule has 0 fully saturated rings. The maximum Gasteiger partial charge on any atom is 0.338 e. The number of benzene rings is 2. The van der Waals surface area contributed by atoms with Crippen molar-refractivity contribution >= 4 is 17.6 Å². The topological polar surface area (TPSA) is 35.5 Å². The van der Waals surface area contributed by atoms with Gasteiger partial charge < -0.3 is 9.47 Å². The van der Waals surface area contributed by atoms with Crippen LogP contribution in [0, 0.1) is 0 Å². The Morgan fingerprint density at radius 2 is 1.90 bits per heavy atom. The van der Waals surface area contributed by atoms with Crippen molar-refractivity contribution < 1.29 is 14.3 Å². The van der Waals surface area contributed by atoms with Crippen molar-refractivity contribution in [2.45, 2.75) is 12.5 Å². The molecular formula is C17H17ClO3. The zero-order chi connectivity index (χ0) is 15.1. The van der Waals surface area contributed by atoms with E-state index in [2.05, 4.69) is 0 Å². The second-order valence-corrected chi connectivity index (χ2v) is 5.12. The highest BCUT2D eigenvalue weighted by molar-refractivity contribution is 6.30. The van der Waals surface area contributed by atoms with E-state index in [4.69, 9.17) is 21.1 Å². The number of halogens is 1. The Kier molecular flexibility index (Phi) is 5.78. The highest BCUT2D eigenvalue weighted by Gasteiger charge is 2.16. The van der Waals surface area contributed by atoms with E-state index >= 15 is 0 Å². The number of carbonyl (C=O) groups is 1. The molecule has 21 heavy (non-hydrogen) atoms. The normalized spacial score (nSPS) is 11.9. The van der Waals surface area contributed by atoms with E-state index in [1.54, 1.807) is 31.4 Å². The van der Waals surface area contributed by atoms with Crippen molar-refractivity contribution in [3.8, 4) is 0 Å². The third-order valence-corrected chi connectivity index (χ3v) is 3.23. The van der Waals surface area contributed by atoms with Gasteiger partial charge >= 0.3 is 5.97 Å². The molecule has 4 heteroatoms. The summed E-state index contributed by atoms with van der Waals surface area (Å²) in [6.07, 6.45) is 0.282. The molecule has 0 bridgehead atoms. The average molecular weight is 305 g/mol. The van der Waals surface area contributed by atoms with E-state index in [1.807, 2.05) is 30.3 Å². The first kappa shape index (κ1) is 15.5. The third kappa shape index (κ3) is 4.88. The second-order valence-electron chi connectivity index (χ2n) is 4.68. The zero-order valence-electron chi connectivity index (χ0n) is 11.8. The number of hydrogen-bond acceptors (Lipinski definition) is 3. The van der Waals surface area contributed by atoms with Gasteiger partial charge in [-0.25, -0.2) is 4.79 Å². The fourth-order valence-corrected chi connectivity index (χ4v) is 2.22. The predicted molar refractivity (Wildman–Crippen MR) is 82.7 cm³/mol. The summed E-state index contributed by atoms with van der Waals surface area (Å²) in [5.74, 6) is -0.393. The van der Waals surface area contributed by atoms with Gasteiger partial charge in [-0.15, -0.1) is 0 Å². The Hall–Kier alpha value is -1.84. The average Bonchev–Trinajstić information content (AvgIpc) is 2.48. The molecular weight excluding hydrogens is 288 g/mol. The van der Waals surface area contributed by atoms with E-state index in [9.17, 15) is 4.79 Å². The van der Waals surface area contributed by atoms with Gasteiger partial charge in [0.2, 0.25) is 0 Å². The molecule has 0 aliphatic rings. The number of esters is 1. The van der Waals surface area contributed by atoms with Crippen LogP contribution >= 0.6 is 11.6 Å². The molecule has 0 saturated carbocycles. The lowest BCUT2D eigenvalue weighted by molar-refractivity contribution is 0.00611. The summed E-state index contributed by atoms with van der Waals surface area (Å²) in [5, 5.41) is 0.510. The molecule has 0 aromatic heterocycles. The van der Waals surface area contributed by atoms with E-state index in [0.717, 1.165) is 5.56 Å². The molecule has 2 aromatic rings. The Morgan fingerprint density at radius 1 is 1.14 bits per heavy atom. The van der Waals surface area contributed by atoms with E-state index in [-0.39, 0.29) is 6.10 Å². The van der Waals surface area contributed by atoms with Gasteiger partial charge in [0.15, 0.2) is 0 Å². The summed E-state index contributed by atoms with van der Waals surface area (Å²) in [7, 11) is 1.59. The van der Waals surface area contributed by atoms with Crippen LogP contribution in [-0.4, -0.2) is 25.8 Å². The van der Waals surface area contributed by atoms with Crippen LogP contribution in [0.15, 0.2) is 54.6 Å². The lowest BCUT2D eigenvalue weighted by atomic mass is 10.1.